The van der Waals surface area contributed by atoms with Crippen LogP contribution in [-0.2, 0) is 19.3 Å². The summed E-state index contributed by atoms with van der Waals surface area (Å²) in [7, 11) is 0. The van der Waals surface area contributed by atoms with Crippen LogP contribution in [0.4, 0.5) is 51.2 Å². The van der Waals surface area contributed by atoms with E-state index >= 15 is 0 Å². The fraction of sp³-hybridized carbons (Fsp3) is 0.0500. The summed E-state index contributed by atoms with van der Waals surface area (Å²) in [5.41, 5.74) is 21.1. The van der Waals surface area contributed by atoms with E-state index in [1.807, 2.05) is 0 Å². The molecule has 0 amide bonds. The Balaban J connectivity index is 0.901. The summed E-state index contributed by atoms with van der Waals surface area (Å²) in [6.45, 7) is 0. The molecule has 1 aromatic heterocycles. The van der Waals surface area contributed by atoms with Gasteiger partial charge in [-0.2, -0.15) is 0 Å². The van der Waals surface area contributed by atoms with E-state index in [0.717, 1.165) is 53.0 Å². The lowest BCUT2D eigenvalue weighted by atomic mass is 9.95. The van der Waals surface area contributed by atoms with Gasteiger partial charge >= 0.3 is 0 Å². The molecule has 0 fully saturated rings. The van der Waals surface area contributed by atoms with Crippen LogP contribution in [-0.4, -0.2) is 15.0 Å². The third kappa shape index (κ3) is 6.45. The summed E-state index contributed by atoms with van der Waals surface area (Å²) in [5, 5.41) is 0. The highest BCUT2D eigenvalue weighted by Crippen LogP contribution is 2.47. The zero-order valence-electron chi connectivity index (χ0n) is 36.1. The first-order valence-electron chi connectivity index (χ1n) is 22.7. The second-order valence-corrected chi connectivity index (χ2v) is 17.3. The Labute approximate surface area is 384 Å². The van der Waals surface area contributed by atoms with Gasteiger partial charge in [0.2, 0.25) is 0 Å². The lowest BCUT2D eigenvalue weighted by Crippen LogP contribution is -2.18. The van der Waals surface area contributed by atoms with Crippen LogP contribution in [0.1, 0.15) is 33.4 Å². The highest BCUT2D eigenvalue weighted by Gasteiger charge is 2.27. The third-order valence-corrected chi connectivity index (χ3v) is 13.3. The Kier molecular flexibility index (Phi) is 8.94. The number of rotatable bonds is 6. The molecule has 0 radical (unpaired) electrons. The van der Waals surface area contributed by atoms with E-state index in [9.17, 15) is 0 Å². The average molecular weight is 847 g/mol. The summed E-state index contributed by atoms with van der Waals surface area (Å²) in [4.78, 5) is 22.7. The summed E-state index contributed by atoms with van der Waals surface area (Å²) in [6, 6.07) is 78.1. The van der Waals surface area contributed by atoms with Crippen LogP contribution in [0.25, 0.3) is 34.2 Å². The van der Waals surface area contributed by atoms with Crippen molar-refractivity contribution in [2.75, 3.05) is 14.7 Å². The van der Waals surface area contributed by atoms with Crippen LogP contribution in [0.5, 0.6) is 0 Å². The second-order valence-electron chi connectivity index (χ2n) is 17.3. The van der Waals surface area contributed by atoms with Crippen LogP contribution in [0, 0.1) is 0 Å². The molecule has 66 heavy (non-hydrogen) atoms. The van der Waals surface area contributed by atoms with E-state index in [2.05, 4.69) is 233 Å². The molecule has 4 heterocycles. The normalized spacial score (nSPS) is 13.2. The molecule has 3 aliphatic heterocycles. The van der Waals surface area contributed by atoms with Gasteiger partial charge in [0, 0.05) is 87.1 Å². The molecule has 6 heteroatoms. The highest BCUT2D eigenvalue weighted by atomic mass is 15.2. The van der Waals surface area contributed by atoms with Crippen LogP contribution >= 0.6 is 0 Å². The Morgan fingerprint density at radius 1 is 0.227 bits per heavy atom. The maximum atomic E-state index is 5.21. The van der Waals surface area contributed by atoms with Gasteiger partial charge in [-0.05, 0) is 143 Å². The van der Waals surface area contributed by atoms with Gasteiger partial charge in [0.25, 0.3) is 0 Å². The zero-order valence-corrected chi connectivity index (χ0v) is 36.1. The number of hydrogen-bond acceptors (Lipinski definition) is 6. The summed E-state index contributed by atoms with van der Waals surface area (Å²) in [5.74, 6) is 1.85. The van der Waals surface area contributed by atoms with E-state index in [0.29, 0.717) is 17.5 Å². The minimum atomic E-state index is 0.618. The molecule has 0 unspecified atom stereocenters. The van der Waals surface area contributed by atoms with Gasteiger partial charge in [-0.1, -0.05) is 109 Å². The van der Waals surface area contributed by atoms with Gasteiger partial charge in [0.15, 0.2) is 17.5 Å². The molecule has 0 spiro atoms. The molecule has 10 aromatic rings. The molecule has 13 rings (SSSR count). The standard InChI is InChI=1S/C60H42N6/c1-7-19-52-43(13-1)37-44-14-2-8-20-53(44)64(52)49-31-25-40(26-32-49)58-61-59(41-27-33-50(34-28-41)65-54-21-9-3-15-45(54)38-46-16-4-10-22-55(46)65)63-60(62-58)42-29-35-51(36-30-42)66-56-23-11-5-17-47(56)39-48-18-6-12-24-57(48)66/h1-36H,37-39H2. The van der Waals surface area contributed by atoms with E-state index < -0.39 is 0 Å². The number of nitrogens with zero attached hydrogens (tertiary/aromatic N) is 6. The van der Waals surface area contributed by atoms with E-state index in [1.54, 1.807) is 0 Å². The molecular weight excluding hydrogens is 805 g/mol. The molecule has 0 aliphatic carbocycles. The maximum absolute atomic E-state index is 5.21. The minimum Gasteiger partial charge on any atom is -0.310 e. The fourth-order valence-electron chi connectivity index (χ4n) is 10.2. The van der Waals surface area contributed by atoms with Gasteiger partial charge in [-0.25, -0.2) is 15.0 Å². The number of para-hydroxylation sites is 6. The van der Waals surface area contributed by atoms with Gasteiger partial charge in [0.05, 0.1) is 0 Å². The Morgan fingerprint density at radius 3 is 0.636 bits per heavy atom. The fourth-order valence-corrected chi connectivity index (χ4v) is 10.2. The lowest BCUT2D eigenvalue weighted by molar-refractivity contribution is 1.07. The van der Waals surface area contributed by atoms with Crippen molar-refractivity contribution in [1.29, 1.82) is 0 Å². The van der Waals surface area contributed by atoms with Crippen molar-refractivity contribution in [3.63, 3.8) is 0 Å². The number of aromatic nitrogens is 3. The van der Waals surface area contributed by atoms with Crippen molar-refractivity contribution in [3.05, 3.63) is 252 Å². The van der Waals surface area contributed by atoms with Crippen molar-refractivity contribution >= 4 is 51.2 Å². The number of benzene rings is 9. The summed E-state index contributed by atoms with van der Waals surface area (Å²) < 4.78 is 0. The Morgan fingerprint density at radius 2 is 0.424 bits per heavy atom. The Bertz CT molecular complexity index is 2950. The largest absolute Gasteiger partial charge is 0.310 e. The van der Waals surface area contributed by atoms with Gasteiger partial charge in [-0.15, -0.1) is 0 Å². The monoisotopic (exact) mass is 846 g/mol. The van der Waals surface area contributed by atoms with Crippen LogP contribution in [0.3, 0.4) is 0 Å². The molecule has 6 nitrogen and oxygen atoms in total. The quantitative estimate of drug-likeness (QED) is 0.166. The van der Waals surface area contributed by atoms with Gasteiger partial charge in [0.1, 0.15) is 0 Å². The smallest absolute Gasteiger partial charge is 0.164 e. The molecule has 0 saturated heterocycles. The molecule has 0 N–H and O–H groups in total. The highest BCUT2D eigenvalue weighted by molar-refractivity contribution is 5.87. The molecule has 3 aliphatic rings. The SMILES string of the molecule is c1ccc2c(c1)Cc1ccccc1N2c1ccc(-c2nc(-c3ccc(N4c5ccccc5Cc5ccccc54)cc3)nc(-c3ccc(N4c5ccccc5Cc5ccccc54)cc3)n2)cc1. The predicted molar refractivity (Wildman–Crippen MR) is 269 cm³/mol. The van der Waals surface area contributed by atoms with E-state index in [-0.39, 0.29) is 0 Å². The van der Waals surface area contributed by atoms with Crippen LogP contribution in [0.2, 0.25) is 0 Å². The summed E-state index contributed by atoms with van der Waals surface area (Å²) >= 11 is 0. The topological polar surface area (TPSA) is 48.4 Å². The first kappa shape index (κ1) is 37.9. The molecule has 312 valence electrons. The zero-order chi connectivity index (χ0) is 43.6. The number of anilines is 9. The third-order valence-electron chi connectivity index (χ3n) is 13.3. The maximum Gasteiger partial charge on any atom is 0.164 e. The van der Waals surface area contributed by atoms with Crippen molar-refractivity contribution < 1.29 is 0 Å². The summed E-state index contributed by atoms with van der Waals surface area (Å²) in [6.07, 6.45) is 2.74. The lowest BCUT2D eigenvalue weighted by Gasteiger charge is -2.33. The first-order chi connectivity index (χ1) is 32.7. The predicted octanol–water partition coefficient (Wildman–Crippen LogP) is 15.0. The molecule has 0 atom stereocenters. The average Bonchev–Trinajstić information content (AvgIpc) is 3.39. The molecule has 0 saturated carbocycles. The number of fused-ring (bicyclic) bond motifs is 6. The number of hydrogen-bond donors (Lipinski definition) is 0. The van der Waals surface area contributed by atoms with E-state index in [1.165, 1.54) is 67.5 Å². The van der Waals surface area contributed by atoms with Crippen molar-refractivity contribution in [2.45, 2.75) is 19.3 Å². The van der Waals surface area contributed by atoms with Crippen molar-refractivity contribution in [1.82, 2.24) is 15.0 Å². The first-order valence-corrected chi connectivity index (χ1v) is 22.7. The molecule has 9 aromatic carbocycles. The van der Waals surface area contributed by atoms with Gasteiger partial charge < -0.3 is 14.7 Å². The van der Waals surface area contributed by atoms with E-state index in [4.69, 9.17) is 15.0 Å². The van der Waals surface area contributed by atoms with Crippen LogP contribution in [0.15, 0.2) is 218 Å². The Hall–Kier alpha value is -8.61. The van der Waals surface area contributed by atoms with Gasteiger partial charge in [-0.3, -0.25) is 0 Å². The minimum absolute atomic E-state index is 0.618. The second kappa shape index (κ2) is 15.6. The molecular formula is C60H42N6. The van der Waals surface area contributed by atoms with Crippen molar-refractivity contribution in [3.8, 4) is 34.2 Å². The van der Waals surface area contributed by atoms with Crippen molar-refractivity contribution in [2.24, 2.45) is 0 Å². The molecule has 0 bridgehead atoms. The van der Waals surface area contributed by atoms with Crippen LogP contribution < -0.4 is 14.7 Å².